The molecule has 2 N–H and O–H groups in total. The lowest BCUT2D eigenvalue weighted by molar-refractivity contribution is 0.00415. The fraction of sp³-hybridized carbons (Fsp3) is 1.00. The van der Waals surface area contributed by atoms with Gasteiger partial charge in [0.25, 0.3) is 0 Å². The number of aliphatic hydroxyl groups excluding tert-OH is 1. The highest BCUT2D eigenvalue weighted by molar-refractivity contribution is 4.72. The maximum absolute atomic E-state index is 9.74. The van der Waals surface area contributed by atoms with Crippen molar-refractivity contribution in [1.29, 1.82) is 0 Å². The van der Waals surface area contributed by atoms with Gasteiger partial charge in [-0.15, -0.1) is 0 Å². The van der Waals surface area contributed by atoms with Crippen LogP contribution >= 0.6 is 0 Å². The first-order valence-electron chi connectivity index (χ1n) is 6.67. The second-order valence-electron chi connectivity index (χ2n) is 4.64. The van der Waals surface area contributed by atoms with Gasteiger partial charge in [-0.2, -0.15) is 0 Å². The Balaban J connectivity index is 3.57. The van der Waals surface area contributed by atoms with E-state index in [1.165, 1.54) is 0 Å². The molecule has 0 aliphatic rings. The molecule has 0 aliphatic heterocycles. The van der Waals surface area contributed by atoms with Gasteiger partial charge >= 0.3 is 0 Å². The molecule has 0 amide bonds. The summed E-state index contributed by atoms with van der Waals surface area (Å²) in [5, 5.41) is 13.0. The van der Waals surface area contributed by atoms with Crippen molar-refractivity contribution >= 4 is 0 Å². The van der Waals surface area contributed by atoms with Crippen molar-refractivity contribution in [3.8, 4) is 0 Å². The van der Waals surface area contributed by atoms with E-state index in [0.29, 0.717) is 45.5 Å². The molecule has 0 aromatic heterocycles. The third-order valence-electron chi connectivity index (χ3n) is 2.65. The van der Waals surface area contributed by atoms with Crippen LogP contribution in [-0.4, -0.2) is 63.9 Å². The van der Waals surface area contributed by atoms with Gasteiger partial charge in [-0.3, -0.25) is 0 Å². The van der Waals surface area contributed by atoms with Gasteiger partial charge in [0.05, 0.1) is 32.5 Å². The second kappa shape index (κ2) is 11.9. The van der Waals surface area contributed by atoms with Crippen molar-refractivity contribution in [2.24, 2.45) is 5.92 Å². The van der Waals surface area contributed by atoms with Crippen molar-refractivity contribution in [1.82, 2.24) is 5.32 Å². The van der Waals surface area contributed by atoms with E-state index in [0.717, 1.165) is 0 Å². The zero-order chi connectivity index (χ0) is 13.8. The lowest BCUT2D eigenvalue weighted by Gasteiger charge is -2.23. The van der Waals surface area contributed by atoms with E-state index >= 15 is 0 Å². The number of methoxy groups -OCH3 is 1. The van der Waals surface area contributed by atoms with E-state index in [4.69, 9.17) is 14.2 Å². The molecular weight excluding hydrogens is 234 g/mol. The van der Waals surface area contributed by atoms with Gasteiger partial charge in [-0.05, 0) is 12.8 Å². The van der Waals surface area contributed by atoms with Gasteiger partial charge in [0.2, 0.25) is 0 Å². The average molecular weight is 263 g/mol. The monoisotopic (exact) mass is 263 g/mol. The fourth-order valence-corrected chi connectivity index (χ4v) is 1.49. The minimum absolute atomic E-state index is 0.257. The van der Waals surface area contributed by atoms with Crippen molar-refractivity contribution in [2.75, 3.05) is 46.7 Å². The topological polar surface area (TPSA) is 60.0 Å². The molecule has 0 aromatic rings. The Morgan fingerprint density at radius 3 is 2.33 bits per heavy atom. The molecule has 5 heteroatoms. The summed E-state index contributed by atoms with van der Waals surface area (Å²) in [7, 11) is 1.68. The number of ether oxygens (including phenoxy) is 3. The zero-order valence-corrected chi connectivity index (χ0v) is 12.1. The highest BCUT2D eigenvalue weighted by Gasteiger charge is 2.14. The van der Waals surface area contributed by atoms with Crippen LogP contribution in [-0.2, 0) is 14.2 Å². The van der Waals surface area contributed by atoms with Crippen LogP contribution in [0, 0.1) is 5.92 Å². The number of nitrogens with one attached hydrogen (secondary N) is 1. The highest BCUT2D eigenvalue weighted by atomic mass is 16.5. The molecular formula is C13H29NO4. The number of aliphatic hydroxyl groups is 1. The Morgan fingerprint density at radius 1 is 1.11 bits per heavy atom. The summed E-state index contributed by atoms with van der Waals surface area (Å²) >= 11 is 0. The second-order valence-corrected chi connectivity index (χ2v) is 4.64. The van der Waals surface area contributed by atoms with E-state index < -0.39 is 6.10 Å². The number of hydrogen-bond acceptors (Lipinski definition) is 5. The number of rotatable bonds is 12. The van der Waals surface area contributed by atoms with Crippen molar-refractivity contribution < 1.29 is 19.3 Å². The molecule has 0 heterocycles. The van der Waals surface area contributed by atoms with Crippen LogP contribution in [0.3, 0.4) is 0 Å². The molecule has 0 aromatic carbocycles. The first kappa shape index (κ1) is 17.8. The van der Waals surface area contributed by atoms with Crippen LogP contribution in [0.25, 0.3) is 0 Å². The Kier molecular flexibility index (Phi) is 11.7. The maximum Gasteiger partial charge on any atom is 0.0897 e. The Morgan fingerprint density at radius 2 is 1.78 bits per heavy atom. The summed E-state index contributed by atoms with van der Waals surface area (Å²) in [5.74, 6) is 0.469. The van der Waals surface area contributed by atoms with Crippen LogP contribution < -0.4 is 5.32 Å². The summed E-state index contributed by atoms with van der Waals surface area (Å²) < 4.78 is 15.6. The van der Waals surface area contributed by atoms with E-state index in [2.05, 4.69) is 19.2 Å². The summed E-state index contributed by atoms with van der Waals surface area (Å²) in [4.78, 5) is 0. The predicted octanol–water partition coefficient (Wildman–Crippen LogP) is 0.661. The van der Waals surface area contributed by atoms with Crippen molar-refractivity contribution in [2.45, 2.75) is 32.9 Å². The van der Waals surface area contributed by atoms with Crippen molar-refractivity contribution in [3.05, 3.63) is 0 Å². The molecule has 0 saturated carbocycles. The molecule has 0 bridgehead atoms. The zero-order valence-electron chi connectivity index (χ0n) is 12.1. The van der Waals surface area contributed by atoms with Gasteiger partial charge in [-0.25, -0.2) is 0 Å². The molecule has 0 radical (unpaired) electrons. The molecule has 0 rings (SSSR count). The van der Waals surface area contributed by atoms with Gasteiger partial charge < -0.3 is 24.6 Å². The number of hydrogen-bond donors (Lipinski definition) is 2. The van der Waals surface area contributed by atoms with Gasteiger partial charge in [-0.1, -0.05) is 13.8 Å². The van der Waals surface area contributed by atoms with Crippen molar-refractivity contribution in [3.63, 3.8) is 0 Å². The maximum atomic E-state index is 9.74. The van der Waals surface area contributed by atoms with E-state index in [-0.39, 0.29) is 6.04 Å². The molecule has 0 spiro atoms. The molecule has 18 heavy (non-hydrogen) atoms. The van der Waals surface area contributed by atoms with Gasteiger partial charge in [0.1, 0.15) is 0 Å². The minimum atomic E-state index is -0.496. The van der Waals surface area contributed by atoms with E-state index in [1.807, 2.05) is 6.92 Å². The van der Waals surface area contributed by atoms with E-state index in [1.54, 1.807) is 7.11 Å². The lowest BCUT2D eigenvalue weighted by Crippen LogP contribution is -2.42. The fourth-order valence-electron chi connectivity index (χ4n) is 1.49. The molecule has 2 unspecified atom stereocenters. The third kappa shape index (κ3) is 9.79. The molecule has 110 valence electrons. The molecule has 0 fully saturated rings. The summed E-state index contributed by atoms with van der Waals surface area (Å²) in [5.41, 5.74) is 0. The molecule has 0 saturated heterocycles. The smallest absolute Gasteiger partial charge is 0.0897 e. The van der Waals surface area contributed by atoms with Crippen LogP contribution in [0.4, 0.5) is 0 Å². The van der Waals surface area contributed by atoms with Crippen LogP contribution in [0.1, 0.15) is 20.8 Å². The van der Waals surface area contributed by atoms with Gasteiger partial charge in [0.15, 0.2) is 0 Å². The first-order chi connectivity index (χ1) is 8.61. The summed E-state index contributed by atoms with van der Waals surface area (Å²) in [6.45, 7) is 9.49. The minimum Gasteiger partial charge on any atom is -0.389 e. The predicted molar refractivity (Wildman–Crippen MR) is 71.8 cm³/mol. The lowest BCUT2D eigenvalue weighted by atomic mass is 10.1. The Bertz CT molecular complexity index is 178. The van der Waals surface area contributed by atoms with Crippen LogP contribution in [0.2, 0.25) is 0 Å². The van der Waals surface area contributed by atoms with Crippen LogP contribution in [0.5, 0.6) is 0 Å². The average Bonchev–Trinajstić information content (AvgIpc) is 2.33. The first-order valence-corrected chi connectivity index (χ1v) is 6.67. The third-order valence-corrected chi connectivity index (χ3v) is 2.65. The quantitative estimate of drug-likeness (QED) is 0.507. The molecule has 2 atom stereocenters. The summed E-state index contributed by atoms with van der Waals surface area (Å²) in [6.07, 6.45) is -0.496. The van der Waals surface area contributed by atoms with E-state index in [9.17, 15) is 5.11 Å². The normalized spacial score (nSPS) is 15.0. The van der Waals surface area contributed by atoms with Crippen LogP contribution in [0.15, 0.2) is 0 Å². The SMILES string of the molecule is CCOCCOCC(O)CNC(COC)C(C)C. The Labute approximate surface area is 111 Å². The highest BCUT2D eigenvalue weighted by Crippen LogP contribution is 2.01. The Hall–Kier alpha value is -0.200. The standard InChI is InChI=1S/C13H29NO4/c1-5-17-6-7-18-9-12(15)8-14-13(10-16-4)11(2)3/h11-15H,5-10H2,1-4H3. The van der Waals surface area contributed by atoms with Gasteiger partial charge in [0, 0.05) is 26.3 Å². The molecule has 5 nitrogen and oxygen atoms in total. The largest absolute Gasteiger partial charge is 0.389 e. The molecule has 0 aliphatic carbocycles. The summed E-state index contributed by atoms with van der Waals surface area (Å²) in [6, 6.07) is 0.257.